The van der Waals surface area contributed by atoms with E-state index in [2.05, 4.69) is 0 Å². The third kappa shape index (κ3) is 2.05. The molecule has 1 aliphatic heterocycles. The fraction of sp³-hybridized carbons (Fsp3) is 0.333. The van der Waals surface area contributed by atoms with Crippen LogP contribution < -0.4 is 10.6 Å². The smallest absolute Gasteiger partial charge is 0.317 e. The second kappa shape index (κ2) is 5.65. The van der Waals surface area contributed by atoms with Gasteiger partial charge in [-0.05, 0) is 24.7 Å². The number of hydrogen-bond donors (Lipinski definition) is 0. The second-order valence-electron chi connectivity index (χ2n) is 7.58. The van der Waals surface area contributed by atoms with Crippen LogP contribution in [-0.2, 0) is 18.9 Å². The first kappa shape index (κ1) is 16.0. The van der Waals surface area contributed by atoms with Crippen LogP contribution in [0.25, 0.3) is 0 Å². The fourth-order valence-electron chi connectivity index (χ4n) is 5.47. The Kier molecular flexibility index (Phi) is 3.48. The SMILES string of the molecule is O=C1OC(=O)C2C3CC(CC3P(=O)(c3ccccc3)c3ccccc3)C12. The molecule has 5 atom stereocenters. The van der Waals surface area contributed by atoms with E-state index < -0.39 is 19.0 Å². The van der Waals surface area contributed by atoms with E-state index in [9.17, 15) is 14.2 Å². The Morgan fingerprint density at radius 3 is 1.88 bits per heavy atom. The summed E-state index contributed by atoms with van der Waals surface area (Å²) >= 11 is 0. The van der Waals surface area contributed by atoms with E-state index >= 15 is 0 Å². The van der Waals surface area contributed by atoms with Crippen molar-refractivity contribution in [1.82, 2.24) is 0 Å². The van der Waals surface area contributed by atoms with Gasteiger partial charge in [0.25, 0.3) is 0 Å². The Morgan fingerprint density at radius 2 is 1.31 bits per heavy atom. The van der Waals surface area contributed by atoms with Gasteiger partial charge >= 0.3 is 11.9 Å². The zero-order valence-corrected chi connectivity index (χ0v) is 15.0. The maximum atomic E-state index is 14.5. The number of carbonyl (C=O) groups excluding carboxylic acids is 2. The molecular weight excluding hydrogens is 347 g/mol. The quantitative estimate of drug-likeness (QED) is 0.476. The van der Waals surface area contributed by atoms with Gasteiger partial charge in [-0.15, -0.1) is 0 Å². The molecule has 2 saturated carbocycles. The Bertz CT molecular complexity index is 880. The second-order valence-corrected chi connectivity index (χ2v) is 10.6. The highest BCUT2D eigenvalue weighted by Gasteiger charge is 2.66. The zero-order valence-electron chi connectivity index (χ0n) is 14.2. The molecule has 2 bridgehead atoms. The molecule has 3 aliphatic rings. The summed E-state index contributed by atoms with van der Waals surface area (Å²) in [6.45, 7) is 0. The molecule has 2 aromatic carbocycles. The molecule has 1 saturated heterocycles. The van der Waals surface area contributed by atoms with Crippen molar-refractivity contribution in [1.29, 1.82) is 0 Å². The number of fused-ring (bicyclic) bond motifs is 5. The molecule has 0 radical (unpaired) electrons. The highest BCUT2D eigenvalue weighted by molar-refractivity contribution is 7.79. The lowest BCUT2D eigenvalue weighted by Crippen LogP contribution is -2.37. The average molecular weight is 366 g/mol. The molecule has 0 amide bonds. The monoisotopic (exact) mass is 366 g/mol. The average Bonchev–Trinajstić information content (AvgIpc) is 3.35. The van der Waals surface area contributed by atoms with Crippen molar-refractivity contribution in [3.05, 3.63) is 60.7 Å². The highest BCUT2D eigenvalue weighted by Crippen LogP contribution is 2.66. The van der Waals surface area contributed by atoms with E-state index in [1.54, 1.807) is 0 Å². The van der Waals surface area contributed by atoms with Gasteiger partial charge in [-0.25, -0.2) is 0 Å². The van der Waals surface area contributed by atoms with Gasteiger partial charge in [0, 0.05) is 16.3 Å². The Hall–Kier alpha value is -2.19. The van der Waals surface area contributed by atoms with E-state index in [0.29, 0.717) is 0 Å². The van der Waals surface area contributed by atoms with Crippen molar-refractivity contribution < 1.29 is 18.9 Å². The summed E-state index contributed by atoms with van der Waals surface area (Å²) in [5.41, 5.74) is -0.114. The largest absolute Gasteiger partial charge is 0.393 e. The summed E-state index contributed by atoms with van der Waals surface area (Å²) in [5, 5.41) is 1.66. The van der Waals surface area contributed by atoms with Crippen molar-refractivity contribution in [2.24, 2.45) is 23.7 Å². The molecule has 2 aromatic rings. The Labute approximate surface area is 151 Å². The van der Waals surface area contributed by atoms with Crippen LogP contribution in [0, 0.1) is 23.7 Å². The molecule has 2 aliphatic carbocycles. The summed E-state index contributed by atoms with van der Waals surface area (Å²) in [6, 6.07) is 19.2. The topological polar surface area (TPSA) is 60.4 Å². The number of benzene rings is 2. The van der Waals surface area contributed by atoms with Gasteiger partial charge in [0.2, 0.25) is 0 Å². The maximum absolute atomic E-state index is 14.5. The van der Waals surface area contributed by atoms with Crippen molar-refractivity contribution in [3.8, 4) is 0 Å². The fourth-order valence-corrected chi connectivity index (χ4v) is 9.18. The molecule has 4 nitrogen and oxygen atoms in total. The Morgan fingerprint density at radius 1 is 0.769 bits per heavy atom. The molecule has 26 heavy (non-hydrogen) atoms. The first-order chi connectivity index (χ1) is 12.6. The van der Waals surface area contributed by atoms with Gasteiger partial charge in [0.05, 0.1) is 11.8 Å². The van der Waals surface area contributed by atoms with Gasteiger partial charge in [-0.1, -0.05) is 60.7 Å². The molecule has 0 N–H and O–H groups in total. The van der Waals surface area contributed by atoms with Crippen LogP contribution in [0.2, 0.25) is 0 Å². The minimum atomic E-state index is -2.93. The normalized spacial score (nSPS) is 32.5. The van der Waals surface area contributed by atoms with Crippen LogP contribution in [0.1, 0.15) is 12.8 Å². The van der Waals surface area contributed by atoms with Crippen LogP contribution >= 0.6 is 7.14 Å². The van der Waals surface area contributed by atoms with Gasteiger partial charge < -0.3 is 9.30 Å². The molecule has 1 heterocycles. The van der Waals surface area contributed by atoms with Crippen LogP contribution in [0.5, 0.6) is 0 Å². The summed E-state index contributed by atoms with van der Waals surface area (Å²) in [6.07, 6.45) is 1.51. The standard InChI is InChI=1S/C21H19O4P/c22-20-18-13-11-16(19(18)21(23)25-20)17(12-13)26(24,14-7-3-1-4-8-14)15-9-5-2-6-10-15/h1-10,13,16-19H,11-12H2. The van der Waals surface area contributed by atoms with E-state index in [4.69, 9.17) is 4.74 Å². The summed E-state index contributed by atoms with van der Waals surface area (Å²) in [4.78, 5) is 24.3. The number of cyclic esters (lactones) is 2. The molecule has 5 rings (SSSR count). The number of esters is 2. The third-order valence-corrected chi connectivity index (χ3v) is 10.1. The molecule has 3 fully saturated rings. The maximum Gasteiger partial charge on any atom is 0.317 e. The predicted octanol–water partition coefficient (Wildman–Crippen LogP) is 2.72. The lowest BCUT2D eigenvalue weighted by molar-refractivity contribution is -0.154. The van der Waals surface area contributed by atoms with E-state index in [1.807, 2.05) is 60.7 Å². The van der Waals surface area contributed by atoms with Gasteiger partial charge in [0.15, 0.2) is 0 Å². The lowest BCUT2D eigenvalue weighted by Gasteiger charge is -2.34. The van der Waals surface area contributed by atoms with Crippen LogP contribution in [0.15, 0.2) is 60.7 Å². The van der Waals surface area contributed by atoms with Crippen molar-refractivity contribution in [2.75, 3.05) is 0 Å². The van der Waals surface area contributed by atoms with Crippen LogP contribution in [0.3, 0.4) is 0 Å². The minimum Gasteiger partial charge on any atom is -0.393 e. The first-order valence-corrected chi connectivity index (χ1v) is 10.8. The van der Waals surface area contributed by atoms with Gasteiger partial charge in [-0.2, -0.15) is 0 Å². The minimum absolute atomic E-state index is 0.0461. The Balaban J connectivity index is 1.63. The highest BCUT2D eigenvalue weighted by atomic mass is 31.2. The van der Waals surface area contributed by atoms with Crippen molar-refractivity contribution >= 4 is 29.7 Å². The predicted molar refractivity (Wildman–Crippen MR) is 97.8 cm³/mol. The van der Waals surface area contributed by atoms with Crippen LogP contribution in [0.4, 0.5) is 0 Å². The number of carbonyl (C=O) groups is 2. The van der Waals surface area contributed by atoms with E-state index in [-0.39, 0.29) is 29.4 Å². The molecular formula is C21H19O4P. The third-order valence-electron chi connectivity index (χ3n) is 6.46. The summed E-state index contributed by atoms with van der Waals surface area (Å²) < 4.78 is 19.5. The molecule has 0 spiro atoms. The van der Waals surface area contributed by atoms with Gasteiger partial charge in [0.1, 0.15) is 7.14 Å². The molecule has 132 valence electrons. The van der Waals surface area contributed by atoms with E-state index in [1.165, 1.54) is 0 Å². The molecule has 5 heteroatoms. The van der Waals surface area contributed by atoms with Crippen molar-refractivity contribution in [2.45, 2.75) is 18.5 Å². The zero-order chi connectivity index (χ0) is 17.9. The molecule has 5 unspecified atom stereocenters. The van der Waals surface area contributed by atoms with E-state index in [0.717, 1.165) is 23.5 Å². The first-order valence-electron chi connectivity index (χ1n) is 9.07. The number of hydrogen-bond acceptors (Lipinski definition) is 4. The van der Waals surface area contributed by atoms with Crippen LogP contribution in [-0.4, -0.2) is 17.6 Å². The number of ether oxygens (including phenoxy) is 1. The summed E-state index contributed by atoms with van der Waals surface area (Å²) in [7, 11) is -2.93. The number of rotatable bonds is 3. The van der Waals surface area contributed by atoms with Gasteiger partial charge in [-0.3, -0.25) is 9.59 Å². The molecule has 0 aromatic heterocycles. The summed E-state index contributed by atoms with van der Waals surface area (Å²) in [5.74, 6) is -1.45. The lowest BCUT2D eigenvalue weighted by atomic mass is 9.81. The van der Waals surface area contributed by atoms with Crippen molar-refractivity contribution in [3.63, 3.8) is 0 Å².